The van der Waals surface area contributed by atoms with E-state index in [9.17, 15) is 0 Å². The van der Waals surface area contributed by atoms with E-state index in [0.29, 0.717) is 5.76 Å². The Hall–Kier alpha value is -0.980. The molecule has 0 rings (SSSR count). The summed E-state index contributed by atoms with van der Waals surface area (Å²) < 4.78 is 5.81. The zero-order chi connectivity index (χ0) is 12.1. The summed E-state index contributed by atoms with van der Waals surface area (Å²) in [6, 6.07) is 0. The quantitative estimate of drug-likeness (QED) is 0.340. The van der Waals surface area contributed by atoms with Crippen LogP contribution in [-0.2, 0) is 4.74 Å². The summed E-state index contributed by atoms with van der Waals surface area (Å²) in [7, 11) is 0. The highest BCUT2D eigenvalue weighted by molar-refractivity contribution is 5.05. The van der Waals surface area contributed by atoms with Gasteiger partial charge in [0.1, 0.15) is 11.4 Å². The summed E-state index contributed by atoms with van der Waals surface area (Å²) in [5.74, 6) is 0.638. The minimum Gasteiger partial charge on any atom is -0.488 e. The van der Waals surface area contributed by atoms with Gasteiger partial charge in [-0.3, -0.25) is 0 Å². The molecule has 0 aromatic carbocycles. The van der Waals surface area contributed by atoms with Gasteiger partial charge in [0.15, 0.2) is 0 Å². The van der Waals surface area contributed by atoms with Gasteiger partial charge in [0.2, 0.25) is 0 Å². The zero-order valence-electron chi connectivity index (χ0n) is 10.6. The van der Waals surface area contributed by atoms with E-state index in [4.69, 9.17) is 4.74 Å². The highest BCUT2D eigenvalue weighted by Gasteiger charge is 2.31. The van der Waals surface area contributed by atoms with E-state index in [1.165, 1.54) is 0 Å². The Morgan fingerprint density at radius 1 is 1.27 bits per heavy atom. The molecule has 1 nitrogen and oxygen atoms in total. The summed E-state index contributed by atoms with van der Waals surface area (Å²) in [5.41, 5.74) is -0.116. The second-order valence-corrected chi connectivity index (χ2v) is 4.95. The molecule has 0 aliphatic heterocycles. The summed E-state index contributed by atoms with van der Waals surface area (Å²) >= 11 is 0. The molecule has 15 heavy (non-hydrogen) atoms. The topological polar surface area (TPSA) is 9.23 Å². The molecule has 0 aliphatic rings. The number of hydrogen-bond acceptors (Lipinski definition) is 1. The first kappa shape index (κ1) is 14.0. The van der Waals surface area contributed by atoms with Gasteiger partial charge in [-0.1, -0.05) is 40.0 Å². The van der Waals surface area contributed by atoms with Crippen LogP contribution in [0.15, 0.2) is 37.6 Å². The smallest absolute Gasteiger partial charge is 0.112 e. The predicted octanol–water partition coefficient (Wildman–Crippen LogP) is 4.47. The van der Waals surface area contributed by atoms with Crippen molar-refractivity contribution in [3.8, 4) is 0 Å². The highest BCUT2D eigenvalue weighted by atomic mass is 16.5. The Balaban J connectivity index is 4.63. The molecular weight excluding hydrogens is 184 g/mol. The number of rotatable bonds is 7. The number of allylic oxidation sites excluding steroid dienone is 2. The molecule has 0 spiro atoms. The molecule has 0 radical (unpaired) electrons. The van der Waals surface area contributed by atoms with Gasteiger partial charge in [-0.05, 0) is 31.3 Å². The van der Waals surface area contributed by atoms with Crippen LogP contribution in [0.3, 0.4) is 0 Å². The van der Waals surface area contributed by atoms with Crippen molar-refractivity contribution in [2.45, 2.75) is 46.1 Å². The molecule has 0 N–H and O–H groups in total. The molecular formula is C14H24O. The first-order valence-electron chi connectivity index (χ1n) is 5.42. The Labute approximate surface area is 94.5 Å². The van der Waals surface area contributed by atoms with Crippen molar-refractivity contribution in [1.82, 2.24) is 0 Å². The van der Waals surface area contributed by atoms with Gasteiger partial charge < -0.3 is 4.74 Å². The van der Waals surface area contributed by atoms with Gasteiger partial charge in [-0.25, -0.2) is 0 Å². The number of hydrogen-bond donors (Lipinski definition) is 0. The first-order valence-corrected chi connectivity index (χ1v) is 5.42. The van der Waals surface area contributed by atoms with E-state index < -0.39 is 0 Å². The summed E-state index contributed by atoms with van der Waals surface area (Å²) in [6.45, 7) is 19.8. The molecule has 0 fully saturated rings. The largest absolute Gasteiger partial charge is 0.488 e. The predicted molar refractivity (Wildman–Crippen MR) is 67.7 cm³/mol. The lowest BCUT2D eigenvalue weighted by molar-refractivity contribution is -0.00620. The molecule has 1 unspecified atom stereocenters. The van der Waals surface area contributed by atoms with Crippen molar-refractivity contribution < 1.29 is 4.74 Å². The van der Waals surface area contributed by atoms with Gasteiger partial charge in [0.25, 0.3) is 0 Å². The van der Waals surface area contributed by atoms with E-state index in [0.717, 1.165) is 12.8 Å². The molecule has 1 atom stereocenters. The van der Waals surface area contributed by atoms with Crippen LogP contribution >= 0.6 is 0 Å². The molecule has 0 amide bonds. The third-order valence-electron chi connectivity index (χ3n) is 2.74. The average molecular weight is 208 g/mol. The van der Waals surface area contributed by atoms with Crippen LogP contribution in [0.1, 0.15) is 40.5 Å². The van der Waals surface area contributed by atoms with Crippen LogP contribution < -0.4 is 0 Å². The van der Waals surface area contributed by atoms with E-state index in [1.54, 1.807) is 6.08 Å². The Morgan fingerprint density at radius 2 is 1.80 bits per heavy atom. The zero-order valence-corrected chi connectivity index (χ0v) is 10.6. The van der Waals surface area contributed by atoms with Gasteiger partial charge in [-0.15, -0.1) is 6.58 Å². The van der Waals surface area contributed by atoms with Crippen molar-refractivity contribution in [1.29, 1.82) is 0 Å². The number of ether oxygens (including phenoxy) is 1. The van der Waals surface area contributed by atoms with E-state index in [-0.39, 0.29) is 11.0 Å². The fourth-order valence-corrected chi connectivity index (χ4v) is 1.63. The van der Waals surface area contributed by atoms with Gasteiger partial charge in [0.05, 0.1) is 0 Å². The van der Waals surface area contributed by atoms with Crippen LogP contribution in [0, 0.1) is 5.41 Å². The lowest BCUT2D eigenvalue weighted by atomic mass is 9.80. The minimum absolute atomic E-state index is 0.0756. The van der Waals surface area contributed by atoms with Crippen LogP contribution in [-0.4, -0.2) is 5.60 Å². The maximum absolute atomic E-state index is 5.81. The van der Waals surface area contributed by atoms with Crippen LogP contribution in [0.4, 0.5) is 0 Å². The Morgan fingerprint density at radius 3 is 2.13 bits per heavy atom. The minimum atomic E-state index is -0.192. The summed E-state index contributed by atoms with van der Waals surface area (Å²) in [6.07, 6.45) is 5.49. The normalized spacial score (nSPS) is 15.2. The van der Waals surface area contributed by atoms with E-state index in [2.05, 4.69) is 47.4 Å². The molecule has 0 bridgehead atoms. The second-order valence-electron chi connectivity index (χ2n) is 4.95. The summed E-state index contributed by atoms with van der Waals surface area (Å²) in [5, 5.41) is 0. The monoisotopic (exact) mass is 208 g/mol. The Bertz CT molecular complexity index is 250. The molecule has 0 saturated heterocycles. The van der Waals surface area contributed by atoms with Crippen molar-refractivity contribution in [2.24, 2.45) is 5.41 Å². The summed E-state index contributed by atoms with van der Waals surface area (Å²) in [4.78, 5) is 0. The Kier molecular flexibility index (Phi) is 4.86. The van der Waals surface area contributed by atoms with Crippen molar-refractivity contribution >= 4 is 0 Å². The molecule has 0 heterocycles. The van der Waals surface area contributed by atoms with E-state index >= 15 is 0 Å². The first-order chi connectivity index (χ1) is 6.78. The molecule has 0 saturated carbocycles. The maximum atomic E-state index is 5.81. The van der Waals surface area contributed by atoms with Crippen molar-refractivity contribution in [3.63, 3.8) is 0 Å². The third kappa shape index (κ3) is 4.87. The van der Waals surface area contributed by atoms with Crippen molar-refractivity contribution in [2.75, 3.05) is 0 Å². The molecule has 0 aromatic heterocycles. The van der Waals surface area contributed by atoms with Crippen LogP contribution in [0.25, 0.3) is 0 Å². The SMILES string of the molecule is C=CC(=C)OC(C)(CC)CC(C)(C)C=C. The van der Waals surface area contributed by atoms with Gasteiger partial charge >= 0.3 is 0 Å². The maximum Gasteiger partial charge on any atom is 0.112 e. The molecule has 0 aromatic rings. The van der Waals surface area contributed by atoms with Gasteiger partial charge in [0, 0.05) is 0 Å². The average Bonchev–Trinajstić information content (AvgIpc) is 2.17. The molecule has 86 valence electrons. The van der Waals surface area contributed by atoms with Crippen molar-refractivity contribution in [3.05, 3.63) is 37.6 Å². The lowest BCUT2D eigenvalue weighted by Gasteiger charge is -2.36. The second kappa shape index (κ2) is 5.20. The fraction of sp³-hybridized carbons (Fsp3) is 0.571. The highest BCUT2D eigenvalue weighted by Crippen LogP contribution is 2.34. The van der Waals surface area contributed by atoms with Crippen LogP contribution in [0.2, 0.25) is 0 Å². The third-order valence-corrected chi connectivity index (χ3v) is 2.74. The van der Waals surface area contributed by atoms with E-state index in [1.807, 2.05) is 6.08 Å². The fourth-order valence-electron chi connectivity index (χ4n) is 1.63. The standard InChI is InChI=1S/C14H24O/c1-8-12(4)15-14(7,10-3)11-13(5,6)9-2/h8-9H,1-2,4,10-11H2,3,5-7H3. The lowest BCUT2D eigenvalue weighted by Crippen LogP contribution is -2.32. The van der Waals surface area contributed by atoms with Crippen LogP contribution in [0.5, 0.6) is 0 Å². The molecule has 0 aliphatic carbocycles. The van der Waals surface area contributed by atoms with Gasteiger partial charge in [-0.2, -0.15) is 0 Å². The molecule has 1 heteroatoms.